The first kappa shape index (κ1) is 19.4. The summed E-state index contributed by atoms with van der Waals surface area (Å²) in [5.74, 6) is 0.599. The van der Waals surface area contributed by atoms with Crippen molar-refractivity contribution in [2.75, 3.05) is 11.4 Å². The van der Waals surface area contributed by atoms with Crippen molar-refractivity contribution in [3.05, 3.63) is 77.6 Å². The van der Waals surface area contributed by atoms with E-state index >= 15 is 0 Å². The lowest BCUT2D eigenvalue weighted by Crippen LogP contribution is -2.23. The Hall–Kier alpha value is -2.92. The molecule has 1 saturated heterocycles. The average molecular weight is 389 g/mol. The molecule has 0 saturated carbocycles. The number of nitrogens with zero attached hydrogens (tertiary/aromatic N) is 3. The summed E-state index contributed by atoms with van der Waals surface area (Å²) in [5, 5.41) is 8.35. The van der Waals surface area contributed by atoms with Crippen molar-refractivity contribution in [1.82, 2.24) is 15.1 Å². The highest BCUT2D eigenvalue weighted by Crippen LogP contribution is 2.22. The van der Waals surface area contributed by atoms with Gasteiger partial charge >= 0.3 is 0 Å². The van der Waals surface area contributed by atoms with Gasteiger partial charge < -0.3 is 10.2 Å². The number of hydrogen-bond acceptors (Lipinski definition) is 3. The Kier molecular flexibility index (Phi) is 5.76. The van der Waals surface area contributed by atoms with Crippen molar-refractivity contribution in [2.45, 2.75) is 45.7 Å². The first-order valence-corrected chi connectivity index (χ1v) is 10.4. The third-order valence-corrected chi connectivity index (χ3v) is 5.36. The molecule has 0 unspecified atom stereocenters. The quantitative estimate of drug-likeness (QED) is 0.652. The van der Waals surface area contributed by atoms with Crippen LogP contribution in [0.1, 0.15) is 49.4 Å². The SMILES string of the molecule is CC(C)c1nn(-c2ccccc2)cc1CNCc1ccc(N2CCCC2=O)cc1. The Balaban J connectivity index is 1.40. The highest BCUT2D eigenvalue weighted by Gasteiger charge is 2.21. The fraction of sp³-hybridized carbons (Fsp3) is 0.333. The second-order valence-corrected chi connectivity index (χ2v) is 7.89. The van der Waals surface area contributed by atoms with Gasteiger partial charge in [0.05, 0.1) is 11.4 Å². The number of anilines is 1. The second-order valence-electron chi connectivity index (χ2n) is 7.89. The van der Waals surface area contributed by atoms with Crippen LogP contribution in [-0.2, 0) is 17.9 Å². The van der Waals surface area contributed by atoms with Crippen LogP contribution in [0.25, 0.3) is 5.69 Å². The summed E-state index contributed by atoms with van der Waals surface area (Å²) in [6.07, 6.45) is 3.74. The van der Waals surface area contributed by atoms with E-state index in [-0.39, 0.29) is 5.91 Å². The molecular formula is C24H28N4O. The van der Waals surface area contributed by atoms with E-state index in [0.29, 0.717) is 12.3 Å². The Morgan fingerprint density at radius 3 is 2.41 bits per heavy atom. The van der Waals surface area contributed by atoms with Crippen LogP contribution in [0.15, 0.2) is 60.8 Å². The number of carbonyl (C=O) groups excluding carboxylic acids is 1. The van der Waals surface area contributed by atoms with Gasteiger partial charge in [0.25, 0.3) is 0 Å². The minimum Gasteiger partial charge on any atom is -0.312 e. The predicted molar refractivity (Wildman–Crippen MR) is 116 cm³/mol. The molecule has 29 heavy (non-hydrogen) atoms. The van der Waals surface area contributed by atoms with Crippen molar-refractivity contribution in [3.63, 3.8) is 0 Å². The maximum Gasteiger partial charge on any atom is 0.227 e. The molecule has 5 nitrogen and oxygen atoms in total. The van der Waals surface area contributed by atoms with E-state index in [4.69, 9.17) is 5.10 Å². The molecule has 0 radical (unpaired) electrons. The summed E-state index contributed by atoms with van der Waals surface area (Å²) in [6, 6.07) is 18.5. The average Bonchev–Trinajstić information content (AvgIpc) is 3.36. The van der Waals surface area contributed by atoms with Gasteiger partial charge in [-0.3, -0.25) is 4.79 Å². The Morgan fingerprint density at radius 2 is 1.76 bits per heavy atom. The molecular weight excluding hydrogens is 360 g/mol. The van der Waals surface area contributed by atoms with Crippen LogP contribution < -0.4 is 10.2 Å². The summed E-state index contributed by atoms with van der Waals surface area (Å²) in [6.45, 7) is 6.74. The number of carbonyl (C=O) groups is 1. The van der Waals surface area contributed by atoms with Crippen molar-refractivity contribution in [1.29, 1.82) is 0 Å². The number of aromatic nitrogens is 2. The summed E-state index contributed by atoms with van der Waals surface area (Å²) < 4.78 is 1.97. The maximum atomic E-state index is 11.9. The molecule has 150 valence electrons. The van der Waals surface area contributed by atoms with E-state index in [2.05, 4.69) is 49.6 Å². The number of amides is 1. The van der Waals surface area contributed by atoms with Gasteiger partial charge in [-0.05, 0) is 42.2 Å². The van der Waals surface area contributed by atoms with Crippen LogP contribution >= 0.6 is 0 Å². The largest absolute Gasteiger partial charge is 0.312 e. The minimum atomic E-state index is 0.229. The molecule has 5 heteroatoms. The van der Waals surface area contributed by atoms with Crippen molar-refractivity contribution >= 4 is 11.6 Å². The fourth-order valence-electron chi connectivity index (χ4n) is 3.81. The second kappa shape index (κ2) is 8.62. The van der Waals surface area contributed by atoms with Crippen LogP contribution in [-0.4, -0.2) is 22.2 Å². The zero-order valence-corrected chi connectivity index (χ0v) is 17.1. The maximum absolute atomic E-state index is 11.9. The first-order chi connectivity index (χ1) is 14.1. The summed E-state index contributed by atoms with van der Waals surface area (Å²) in [4.78, 5) is 13.8. The normalized spacial score (nSPS) is 14.2. The lowest BCUT2D eigenvalue weighted by molar-refractivity contribution is -0.117. The summed E-state index contributed by atoms with van der Waals surface area (Å²) in [5.41, 5.74) is 5.64. The molecule has 1 aliphatic rings. The lowest BCUT2D eigenvalue weighted by atomic mass is 10.1. The van der Waals surface area contributed by atoms with Gasteiger partial charge in [0.15, 0.2) is 0 Å². The first-order valence-electron chi connectivity index (χ1n) is 10.4. The van der Waals surface area contributed by atoms with Gasteiger partial charge in [-0.25, -0.2) is 4.68 Å². The van der Waals surface area contributed by atoms with Crippen molar-refractivity contribution < 1.29 is 4.79 Å². The number of nitrogens with one attached hydrogen (secondary N) is 1. The van der Waals surface area contributed by atoms with Crippen molar-refractivity contribution in [3.8, 4) is 5.69 Å². The van der Waals surface area contributed by atoms with Gasteiger partial charge in [0, 0.05) is 43.5 Å². The molecule has 4 rings (SSSR count). The zero-order valence-electron chi connectivity index (χ0n) is 17.1. The van der Waals surface area contributed by atoms with Crippen LogP contribution in [0.4, 0.5) is 5.69 Å². The summed E-state index contributed by atoms with van der Waals surface area (Å²) >= 11 is 0. The van der Waals surface area contributed by atoms with E-state index in [1.165, 1.54) is 11.1 Å². The molecule has 0 aliphatic carbocycles. The molecule has 2 aromatic carbocycles. The fourth-order valence-corrected chi connectivity index (χ4v) is 3.81. The third kappa shape index (κ3) is 4.40. The van der Waals surface area contributed by atoms with Gasteiger partial charge in [0.1, 0.15) is 0 Å². The topological polar surface area (TPSA) is 50.2 Å². The number of para-hydroxylation sites is 1. The van der Waals surface area contributed by atoms with E-state index in [9.17, 15) is 4.79 Å². The molecule has 1 aromatic heterocycles. The van der Waals surface area contributed by atoms with Crippen LogP contribution in [0.5, 0.6) is 0 Å². The zero-order chi connectivity index (χ0) is 20.2. The van der Waals surface area contributed by atoms with Crippen LogP contribution in [0.2, 0.25) is 0 Å². The van der Waals surface area contributed by atoms with Gasteiger partial charge in [-0.15, -0.1) is 0 Å². The molecule has 2 heterocycles. The Morgan fingerprint density at radius 1 is 1.00 bits per heavy atom. The minimum absolute atomic E-state index is 0.229. The number of benzene rings is 2. The monoisotopic (exact) mass is 388 g/mol. The van der Waals surface area contributed by atoms with Gasteiger partial charge in [-0.2, -0.15) is 5.10 Å². The van der Waals surface area contributed by atoms with E-state index < -0.39 is 0 Å². The molecule has 1 fully saturated rings. The summed E-state index contributed by atoms with van der Waals surface area (Å²) in [7, 11) is 0. The molecule has 1 amide bonds. The smallest absolute Gasteiger partial charge is 0.227 e. The highest BCUT2D eigenvalue weighted by molar-refractivity contribution is 5.95. The predicted octanol–water partition coefficient (Wildman–Crippen LogP) is 4.41. The van der Waals surface area contributed by atoms with Crippen LogP contribution in [0.3, 0.4) is 0 Å². The standard InChI is InChI=1S/C24H28N4O/c1-18(2)24-20(17-28(26-24)22-7-4-3-5-8-22)16-25-15-19-10-12-21(13-11-19)27-14-6-9-23(27)29/h3-5,7-8,10-13,17-18,25H,6,9,14-16H2,1-2H3. The molecule has 1 N–H and O–H groups in total. The van der Waals surface area contributed by atoms with Gasteiger partial charge in [-0.1, -0.05) is 44.2 Å². The molecule has 0 spiro atoms. The lowest BCUT2D eigenvalue weighted by Gasteiger charge is -2.16. The van der Waals surface area contributed by atoms with Gasteiger partial charge in [0.2, 0.25) is 5.91 Å². The third-order valence-electron chi connectivity index (χ3n) is 5.36. The highest BCUT2D eigenvalue weighted by atomic mass is 16.2. The van der Waals surface area contributed by atoms with E-state index in [1.807, 2.05) is 39.9 Å². The molecule has 0 atom stereocenters. The van der Waals surface area contributed by atoms with Crippen molar-refractivity contribution in [2.24, 2.45) is 0 Å². The molecule has 0 bridgehead atoms. The van der Waals surface area contributed by atoms with E-state index in [1.54, 1.807) is 0 Å². The van der Waals surface area contributed by atoms with E-state index in [0.717, 1.165) is 43.1 Å². The molecule has 1 aliphatic heterocycles. The Labute approximate surface area is 172 Å². The molecule has 3 aromatic rings. The van der Waals surface area contributed by atoms with Crippen LogP contribution in [0, 0.1) is 0 Å². The number of hydrogen-bond donors (Lipinski definition) is 1. The number of rotatable bonds is 7. The Bertz CT molecular complexity index is 960.